The Labute approximate surface area is 54.3 Å². The number of rotatable bonds is 1. The SMILES string of the molecule is CCC(C)(C)Cl.P. The zero-order chi connectivity index (χ0) is 5.21. The van der Waals surface area contributed by atoms with Crippen LogP contribution in [0.15, 0.2) is 0 Å². The first-order chi connectivity index (χ1) is 2.56. The van der Waals surface area contributed by atoms with E-state index >= 15 is 0 Å². The van der Waals surface area contributed by atoms with Crippen molar-refractivity contribution in [2.45, 2.75) is 32.1 Å². The maximum atomic E-state index is 5.72. The van der Waals surface area contributed by atoms with Gasteiger partial charge < -0.3 is 0 Å². The lowest BCUT2D eigenvalue weighted by atomic mass is 10.1. The summed E-state index contributed by atoms with van der Waals surface area (Å²) < 4.78 is 0. The molecule has 2 heteroatoms. The Morgan fingerprint density at radius 1 is 1.43 bits per heavy atom. The van der Waals surface area contributed by atoms with Gasteiger partial charge in [0.15, 0.2) is 0 Å². The van der Waals surface area contributed by atoms with Crippen LogP contribution in [0.2, 0.25) is 0 Å². The highest BCUT2D eigenvalue weighted by Crippen LogP contribution is 2.15. The molecule has 0 aromatic carbocycles. The third-order valence-electron chi connectivity index (χ3n) is 0.841. The molecule has 0 heterocycles. The summed E-state index contributed by atoms with van der Waals surface area (Å²) in [7, 11) is 0. The van der Waals surface area contributed by atoms with E-state index in [0.717, 1.165) is 6.42 Å². The quantitative estimate of drug-likeness (QED) is 0.388. The van der Waals surface area contributed by atoms with Gasteiger partial charge in [-0.05, 0) is 20.3 Å². The number of halogens is 1. The molecule has 0 fully saturated rings. The Hall–Kier alpha value is 0.720. The summed E-state index contributed by atoms with van der Waals surface area (Å²) in [4.78, 5) is 0.0139. The predicted octanol–water partition coefficient (Wildman–Crippen LogP) is 2.47. The van der Waals surface area contributed by atoms with Crippen molar-refractivity contribution in [2.75, 3.05) is 0 Å². The van der Waals surface area contributed by atoms with Gasteiger partial charge in [-0.15, -0.1) is 11.6 Å². The molecule has 0 rings (SSSR count). The van der Waals surface area contributed by atoms with Gasteiger partial charge in [0.2, 0.25) is 0 Å². The van der Waals surface area contributed by atoms with Gasteiger partial charge in [-0.3, -0.25) is 0 Å². The van der Waals surface area contributed by atoms with Crippen LogP contribution in [0, 0.1) is 0 Å². The topological polar surface area (TPSA) is 0 Å². The molecule has 0 N–H and O–H groups in total. The van der Waals surface area contributed by atoms with Crippen LogP contribution in [0.5, 0.6) is 0 Å². The summed E-state index contributed by atoms with van der Waals surface area (Å²) in [6.45, 7) is 6.09. The Morgan fingerprint density at radius 2 is 1.57 bits per heavy atom. The minimum Gasteiger partial charge on any atom is -0.153 e. The Morgan fingerprint density at radius 3 is 1.57 bits per heavy atom. The van der Waals surface area contributed by atoms with Crippen molar-refractivity contribution in [2.24, 2.45) is 0 Å². The molecule has 0 saturated heterocycles. The fourth-order valence-corrected chi connectivity index (χ4v) is 0. The molecule has 0 radical (unpaired) electrons. The maximum absolute atomic E-state index is 5.72. The van der Waals surface area contributed by atoms with Gasteiger partial charge in [0.25, 0.3) is 0 Å². The number of hydrogen-bond donors (Lipinski definition) is 0. The highest BCUT2D eigenvalue weighted by Gasteiger charge is 2.06. The Bertz CT molecular complexity index is 37.8. The lowest BCUT2D eigenvalue weighted by molar-refractivity contribution is 0.671. The standard InChI is InChI=1S/C5H11Cl.H3P/c1-4-5(2,3)6;/h4H2,1-3H3;1H3. The van der Waals surface area contributed by atoms with Crippen LogP contribution in [0.4, 0.5) is 0 Å². The smallest absolute Gasteiger partial charge is 0.0388 e. The van der Waals surface area contributed by atoms with Crippen molar-refractivity contribution in [1.82, 2.24) is 0 Å². The zero-order valence-corrected chi connectivity index (χ0v) is 7.46. The first-order valence-corrected chi connectivity index (χ1v) is 2.63. The molecule has 0 aliphatic carbocycles. The lowest BCUT2D eigenvalue weighted by Gasteiger charge is -2.09. The summed E-state index contributed by atoms with van der Waals surface area (Å²) in [5, 5.41) is 0. The largest absolute Gasteiger partial charge is 0.153 e. The van der Waals surface area contributed by atoms with E-state index < -0.39 is 0 Å². The summed E-state index contributed by atoms with van der Waals surface area (Å²) >= 11 is 5.72. The maximum Gasteiger partial charge on any atom is 0.0388 e. The van der Waals surface area contributed by atoms with E-state index in [1.165, 1.54) is 0 Å². The third kappa shape index (κ3) is 10.8. The summed E-state index contributed by atoms with van der Waals surface area (Å²) in [5.41, 5.74) is 0. The molecule has 0 bridgehead atoms. The van der Waals surface area contributed by atoms with Crippen molar-refractivity contribution in [3.05, 3.63) is 0 Å². The Balaban J connectivity index is 0. The average Bonchev–Trinajstić information content (AvgIpc) is 1.35. The van der Waals surface area contributed by atoms with E-state index in [0.29, 0.717) is 0 Å². The molecule has 0 aromatic heterocycles. The van der Waals surface area contributed by atoms with Crippen LogP contribution in [-0.2, 0) is 0 Å². The lowest BCUT2D eigenvalue weighted by Crippen LogP contribution is -2.05. The second kappa shape index (κ2) is 3.69. The fraction of sp³-hybridized carbons (Fsp3) is 1.00. The molecule has 46 valence electrons. The molecule has 0 spiro atoms. The van der Waals surface area contributed by atoms with Crippen LogP contribution in [0.25, 0.3) is 0 Å². The highest BCUT2D eigenvalue weighted by atomic mass is 35.5. The molecule has 0 aliphatic heterocycles. The van der Waals surface area contributed by atoms with E-state index in [9.17, 15) is 0 Å². The number of alkyl halides is 1. The van der Waals surface area contributed by atoms with Crippen molar-refractivity contribution in [3.8, 4) is 0 Å². The minimum absolute atomic E-state index is 0. The second-order valence-corrected chi connectivity index (χ2v) is 3.10. The van der Waals surface area contributed by atoms with Crippen molar-refractivity contribution < 1.29 is 0 Å². The van der Waals surface area contributed by atoms with E-state index in [4.69, 9.17) is 11.6 Å². The van der Waals surface area contributed by atoms with Crippen LogP contribution in [0.3, 0.4) is 0 Å². The third-order valence-corrected chi connectivity index (χ3v) is 1.11. The summed E-state index contributed by atoms with van der Waals surface area (Å²) in [5.74, 6) is 0. The van der Waals surface area contributed by atoms with E-state index in [2.05, 4.69) is 6.92 Å². The van der Waals surface area contributed by atoms with Crippen LogP contribution in [-0.4, -0.2) is 4.87 Å². The molecule has 0 aromatic rings. The van der Waals surface area contributed by atoms with Crippen molar-refractivity contribution >= 4 is 21.5 Å². The van der Waals surface area contributed by atoms with Crippen molar-refractivity contribution in [1.29, 1.82) is 0 Å². The molecule has 1 atom stereocenters. The van der Waals surface area contributed by atoms with Crippen LogP contribution < -0.4 is 0 Å². The van der Waals surface area contributed by atoms with Gasteiger partial charge in [0, 0.05) is 4.87 Å². The molecule has 0 amide bonds. The zero-order valence-electron chi connectivity index (χ0n) is 5.29. The molecular formula is C5H14ClP. The van der Waals surface area contributed by atoms with Gasteiger partial charge in [0.05, 0.1) is 0 Å². The summed E-state index contributed by atoms with van der Waals surface area (Å²) in [6.07, 6.45) is 1.04. The molecule has 1 unspecified atom stereocenters. The average molecular weight is 141 g/mol. The predicted molar refractivity (Wildman–Crippen MR) is 41.3 cm³/mol. The molecule has 0 nitrogen and oxygen atoms in total. The molecule has 7 heavy (non-hydrogen) atoms. The first kappa shape index (κ1) is 10.7. The van der Waals surface area contributed by atoms with E-state index in [1.807, 2.05) is 13.8 Å². The van der Waals surface area contributed by atoms with Gasteiger partial charge >= 0.3 is 0 Å². The molecular weight excluding hydrogens is 126 g/mol. The van der Waals surface area contributed by atoms with Gasteiger partial charge in [-0.1, -0.05) is 6.92 Å². The second-order valence-electron chi connectivity index (χ2n) is 2.07. The van der Waals surface area contributed by atoms with Gasteiger partial charge in [-0.2, -0.15) is 9.90 Å². The molecule has 0 saturated carbocycles. The van der Waals surface area contributed by atoms with E-state index in [1.54, 1.807) is 0 Å². The van der Waals surface area contributed by atoms with E-state index in [-0.39, 0.29) is 14.8 Å². The molecule has 0 aliphatic rings. The Kier molecular flexibility index (Phi) is 5.62. The number of hydrogen-bond acceptors (Lipinski definition) is 0. The van der Waals surface area contributed by atoms with Crippen LogP contribution >= 0.6 is 21.5 Å². The monoisotopic (exact) mass is 140 g/mol. The summed E-state index contributed by atoms with van der Waals surface area (Å²) in [6, 6.07) is 0. The first-order valence-electron chi connectivity index (χ1n) is 2.25. The van der Waals surface area contributed by atoms with Crippen LogP contribution in [0.1, 0.15) is 27.2 Å². The highest BCUT2D eigenvalue weighted by molar-refractivity contribution is 6.92. The normalized spacial score (nSPS) is 10.3. The fourth-order valence-electron chi connectivity index (χ4n) is 0. The minimum atomic E-state index is 0. The van der Waals surface area contributed by atoms with Gasteiger partial charge in [0.1, 0.15) is 0 Å². The van der Waals surface area contributed by atoms with Crippen molar-refractivity contribution in [3.63, 3.8) is 0 Å². The van der Waals surface area contributed by atoms with Gasteiger partial charge in [-0.25, -0.2) is 0 Å².